The Morgan fingerprint density at radius 1 is 1.31 bits per heavy atom. The van der Waals surface area contributed by atoms with Crippen LogP contribution in [0.15, 0.2) is 45.6 Å². The number of hydrogen-bond donors (Lipinski definition) is 2. The van der Waals surface area contributed by atoms with E-state index in [2.05, 4.69) is 4.98 Å². The normalized spacial score (nSPS) is 17.6. The first kappa shape index (κ1) is 16.4. The molecule has 7 heteroatoms. The second-order valence-corrected chi connectivity index (χ2v) is 6.50. The molecule has 2 N–H and O–H groups in total. The number of carbonyl (C=O) groups excluding carboxylic acids is 1. The Balaban J connectivity index is 1.59. The number of phenolic OH excluding ortho intramolecular Hbond substituents is 1. The highest BCUT2D eigenvalue weighted by atomic mass is 19.1. The molecule has 2 heterocycles. The molecule has 1 unspecified atom stereocenters. The average Bonchev–Trinajstić information content (AvgIpc) is 3.02. The van der Waals surface area contributed by atoms with Crippen molar-refractivity contribution in [2.24, 2.45) is 0 Å². The highest BCUT2D eigenvalue weighted by Crippen LogP contribution is 2.32. The summed E-state index contributed by atoms with van der Waals surface area (Å²) in [4.78, 5) is 28.3. The van der Waals surface area contributed by atoms with Gasteiger partial charge in [0.05, 0.1) is 5.52 Å². The van der Waals surface area contributed by atoms with Crippen LogP contribution in [0.3, 0.4) is 0 Å². The lowest BCUT2D eigenvalue weighted by molar-refractivity contribution is 0.0706. The van der Waals surface area contributed by atoms with Crippen molar-refractivity contribution in [3.05, 3.63) is 63.9 Å². The van der Waals surface area contributed by atoms with E-state index in [1.165, 1.54) is 12.1 Å². The summed E-state index contributed by atoms with van der Waals surface area (Å²) in [6.07, 6.45) is 1.49. The molecule has 1 aliphatic rings. The predicted molar refractivity (Wildman–Crippen MR) is 92.8 cm³/mol. The number of likely N-dealkylation sites (tertiary alicyclic amines) is 1. The summed E-state index contributed by atoms with van der Waals surface area (Å²) in [6, 6.07) is 9.36. The summed E-state index contributed by atoms with van der Waals surface area (Å²) in [7, 11) is 0. The molecule has 0 spiro atoms. The molecule has 1 atom stereocenters. The number of aromatic hydroxyl groups is 1. The van der Waals surface area contributed by atoms with Gasteiger partial charge >= 0.3 is 5.76 Å². The van der Waals surface area contributed by atoms with Gasteiger partial charge in [0.25, 0.3) is 5.91 Å². The van der Waals surface area contributed by atoms with E-state index in [1.807, 2.05) is 0 Å². The summed E-state index contributed by atoms with van der Waals surface area (Å²) in [5, 5.41) is 9.59. The molecule has 0 saturated carbocycles. The zero-order chi connectivity index (χ0) is 18.3. The molecule has 2 aromatic carbocycles. The Labute approximate surface area is 147 Å². The standard InChI is InChI=1S/C19H17FN2O4/c20-17-13(4-1-5-15(17)23)12-3-2-8-22(10-12)18(24)11-6-7-14-16(9-11)26-19(25)21-14/h1,4-7,9,12,23H,2-3,8,10H2,(H,21,25). The van der Waals surface area contributed by atoms with E-state index in [0.29, 0.717) is 35.3 Å². The molecule has 1 amide bonds. The van der Waals surface area contributed by atoms with Gasteiger partial charge in [-0.3, -0.25) is 9.78 Å². The highest BCUT2D eigenvalue weighted by Gasteiger charge is 2.28. The summed E-state index contributed by atoms with van der Waals surface area (Å²) in [5.74, 6) is -1.93. The molecule has 1 fully saturated rings. The van der Waals surface area contributed by atoms with Crippen LogP contribution in [0.5, 0.6) is 5.75 Å². The lowest BCUT2D eigenvalue weighted by Gasteiger charge is -2.33. The van der Waals surface area contributed by atoms with Crippen LogP contribution in [0.1, 0.15) is 34.7 Å². The van der Waals surface area contributed by atoms with E-state index < -0.39 is 11.6 Å². The number of fused-ring (bicyclic) bond motifs is 1. The molecule has 4 rings (SSSR count). The number of phenols is 1. The molecule has 1 saturated heterocycles. The van der Waals surface area contributed by atoms with Gasteiger partial charge in [-0.15, -0.1) is 0 Å². The molecular formula is C19H17FN2O4. The van der Waals surface area contributed by atoms with Crippen molar-refractivity contribution in [1.82, 2.24) is 9.88 Å². The first-order valence-corrected chi connectivity index (χ1v) is 8.42. The summed E-state index contributed by atoms with van der Waals surface area (Å²) in [5.41, 5.74) is 1.70. The fourth-order valence-corrected chi connectivity index (χ4v) is 3.53. The molecule has 0 bridgehead atoms. The molecule has 1 aromatic heterocycles. The van der Waals surface area contributed by atoms with Crippen molar-refractivity contribution in [3.63, 3.8) is 0 Å². The minimum Gasteiger partial charge on any atom is -0.505 e. The fourth-order valence-electron chi connectivity index (χ4n) is 3.53. The number of nitrogens with zero attached hydrogens (tertiary/aromatic N) is 1. The number of benzene rings is 2. The number of amides is 1. The second-order valence-electron chi connectivity index (χ2n) is 6.50. The Morgan fingerprint density at radius 3 is 3.00 bits per heavy atom. The molecule has 26 heavy (non-hydrogen) atoms. The third-order valence-electron chi connectivity index (χ3n) is 4.82. The van der Waals surface area contributed by atoms with Gasteiger partial charge in [-0.25, -0.2) is 9.18 Å². The van der Waals surface area contributed by atoms with E-state index in [9.17, 15) is 19.1 Å². The fraction of sp³-hybridized carbons (Fsp3) is 0.263. The summed E-state index contributed by atoms with van der Waals surface area (Å²) < 4.78 is 19.2. The predicted octanol–water partition coefficient (Wildman–Crippen LogP) is 2.99. The highest BCUT2D eigenvalue weighted by molar-refractivity contribution is 5.97. The van der Waals surface area contributed by atoms with Crippen molar-refractivity contribution >= 4 is 17.0 Å². The van der Waals surface area contributed by atoms with Gasteiger partial charge in [-0.2, -0.15) is 0 Å². The van der Waals surface area contributed by atoms with Gasteiger partial charge in [0.2, 0.25) is 0 Å². The van der Waals surface area contributed by atoms with Crippen molar-refractivity contribution < 1.29 is 18.7 Å². The largest absolute Gasteiger partial charge is 0.505 e. The number of rotatable bonds is 2. The quantitative estimate of drug-likeness (QED) is 0.739. The van der Waals surface area contributed by atoms with E-state index in [-0.39, 0.29) is 17.6 Å². The Hall–Kier alpha value is -3.09. The molecular weight excluding hydrogens is 339 g/mol. The van der Waals surface area contributed by atoms with E-state index in [1.54, 1.807) is 29.2 Å². The Kier molecular flexibility index (Phi) is 3.99. The van der Waals surface area contributed by atoms with Gasteiger partial charge in [0.15, 0.2) is 17.1 Å². The van der Waals surface area contributed by atoms with Crippen LogP contribution < -0.4 is 5.76 Å². The molecule has 134 valence electrons. The number of aromatic nitrogens is 1. The molecule has 0 aliphatic carbocycles. The molecule has 3 aromatic rings. The number of piperidine rings is 1. The van der Waals surface area contributed by atoms with Crippen LogP contribution in [-0.4, -0.2) is 34.0 Å². The minimum absolute atomic E-state index is 0.172. The SMILES string of the molecule is O=C(c1ccc2[nH]c(=O)oc2c1)N1CCCC(c2cccc(O)c2F)C1. The number of H-pyrrole nitrogens is 1. The van der Waals surface area contributed by atoms with Crippen molar-refractivity contribution in [3.8, 4) is 5.75 Å². The minimum atomic E-state index is -0.623. The smallest absolute Gasteiger partial charge is 0.417 e. The Bertz CT molecular complexity index is 1040. The number of hydrogen-bond acceptors (Lipinski definition) is 4. The second kappa shape index (κ2) is 6.33. The lowest BCUT2D eigenvalue weighted by Crippen LogP contribution is -2.39. The van der Waals surface area contributed by atoms with Crippen LogP contribution in [0, 0.1) is 5.82 Å². The van der Waals surface area contributed by atoms with Gasteiger partial charge in [0.1, 0.15) is 0 Å². The Morgan fingerprint density at radius 2 is 2.15 bits per heavy atom. The van der Waals surface area contributed by atoms with E-state index >= 15 is 0 Å². The van der Waals surface area contributed by atoms with Crippen molar-refractivity contribution in [2.75, 3.05) is 13.1 Å². The number of aromatic amines is 1. The van der Waals surface area contributed by atoms with Gasteiger partial charge < -0.3 is 14.4 Å². The number of carbonyl (C=O) groups is 1. The lowest BCUT2D eigenvalue weighted by atomic mass is 9.89. The van der Waals surface area contributed by atoms with Crippen LogP contribution in [0.25, 0.3) is 11.1 Å². The van der Waals surface area contributed by atoms with Crippen molar-refractivity contribution in [1.29, 1.82) is 0 Å². The molecule has 1 aliphatic heterocycles. The molecule has 0 radical (unpaired) electrons. The number of oxazole rings is 1. The zero-order valence-electron chi connectivity index (χ0n) is 13.9. The van der Waals surface area contributed by atoms with Gasteiger partial charge in [-0.05, 0) is 42.7 Å². The zero-order valence-corrected chi connectivity index (χ0v) is 13.9. The van der Waals surface area contributed by atoms with Crippen LogP contribution >= 0.6 is 0 Å². The summed E-state index contributed by atoms with van der Waals surface area (Å²) >= 11 is 0. The average molecular weight is 356 g/mol. The van der Waals surface area contributed by atoms with Gasteiger partial charge in [0, 0.05) is 24.6 Å². The van der Waals surface area contributed by atoms with Crippen LogP contribution in [0.2, 0.25) is 0 Å². The van der Waals surface area contributed by atoms with Crippen LogP contribution in [0.4, 0.5) is 4.39 Å². The topological polar surface area (TPSA) is 86.5 Å². The first-order valence-electron chi connectivity index (χ1n) is 8.42. The van der Waals surface area contributed by atoms with Crippen LogP contribution in [-0.2, 0) is 0 Å². The molecule has 6 nitrogen and oxygen atoms in total. The van der Waals surface area contributed by atoms with E-state index in [0.717, 1.165) is 12.8 Å². The monoisotopic (exact) mass is 356 g/mol. The third-order valence-corrected chi connectivity index (χ3v) is 4.82. The maximum Gasteiger partial charge on any atom is 0.417 e. The van der Waals surface area contributed by atoms with Crippen molar-refractivity contribution in [2.45, 2.75) is 18.8 Å². The van der Waals surface area contributed by atoms with Gasteiger partial charge in [-0.1, -0.05) is 12.1 Å². The number of nitrogens with one attached hydrogen (secondary N) is 1. The maximum absolute atomic E-state index is 14.2. The maximum atomic E-state index is 14.2. The third kappa shape index (κ3) is 2.85. The number of halogens is 1. The van der Waals surface area contributed by atoms with E-state index in [4.69, 9.17) is 4.42 Å². The first-order chi connectivity index (χ1) is 12.5. The summed E-state index contributed by atoms with van der Waals surface area (Å²) in [6.45, 7) is 0.944.